The first-order chi connectivity index (χ1) is 61.2. The molecule has 2 N–H and O–H groups in total. The molecule has 0 radical (unpaired) electrons. The third-order valence-corrected chi connectivity index (χ3v) is 25.0. The van der Waals surface area contributed by atoms with E-state index in [-0.39, 0.29) is 199 Å². The van der Waals surface area contributed by atoms with Crippen LogP contribution < -0.4 is 18.9 Å². The Hall–Kier alpha value is -8.35. The SMILES string of the molecule is C.C.C.CC(C)(C)OC(=O)N1CC2COCC(C1)C2O.CC(C)(C)OC(=O)N1CC2COCC(C1)C2Oc1ncnc(Cl)c1F.CC1(OC(=O)N2CC3COCC(C2)C3Oc2ncnc(Cl)c2F)CC1.CC1(OC(=O)N2CC3COCC(C2)C3Oc2ncnc(OC3CCCCC3)c2F)CC1.CC1(OC(=O)ON2C(=O)CCC2=O)CC1.Fc1c(Cl)ncnc1Cl.OC1CCCCC1. The summed E-state index contributed by atoms with van der Waals surface area (Å²) >= 11 is 21.8. The molecule has 4 aromatic rings. The number of piperidine rings is 4. The lowest BCUT2D eigenvalue weighted by Gasteiger charge is -2.46. The summed E-state index contributed by atoms with van der Waals surface area (Å²) in [6.07, 6.45) is 17.7. The van der Waals surface area contributed by atoms with E-state index in [4.69, 9.17) is 113 Å². The van der Waals surface area contributed by atoms with Crippen LogP contribution in [-0.4, -0.2) is 287 Å². The van der Waals surface area contributed by atoms with Gasteiger partial charge in [0.2, 0.25) is 17.5 Å². The summed E-state index contributed by atoms with van der Waals surface area (Å²) in [4.78, 5) is 123. The minimum absolute atomic E-state index is 0. The minimum Gasteiger partial charge on any atom is -0.472 e. The maximum absolute atomic E-state index is 15.1. The number of carbonyl (C=O) groups excluding carboxylic acids is 7. The zero-order valence-electron chi connectivity index (χ0n) is 73.7. The first kappa shape index (κ1) is 107. The lowest BCUT2D eigenvalue weighted by atomic mass is 9.84. The van der Waals surface area contributed by atoms with Crippen LogP contribution in [0.25, 0.3) is 0 Å². The van der Waals surface area contributed by atoms with E-state index in [0.29, 0.717) is 110 Å². The molecule has 132 heavy (non-hydrogen) atoms. The second kappa shape index (κ2) is 47.4. The van der Waals surface area contributed by atoms with Gasteiger partial charge in [0.15, 0.2) is 26.4 Å². The molecule has 18 rings (SSSR count). The van der Waals surface area contributed by atoms with Gasteiger partial charge in [-0.1, -0.05) is 99.4 Å². The monoisotopic (exact) mass is 1950 g/mol. The van der Waals surface area contributed by atoms with E-state index < -0.39 is 58.0 Å². The number of likely N-dealkylation sites (tertiary alicyclic amines) is 4. The quantitative estimate of drug-likeness (QED) is 0.0437. The van der Waals surface area contributed by atoms with Crippen LogP contribution in [0.4, 0.5) is 41.5 Å². The second-order valence-electron chi connectivity index (χ2n) is 37.5. The predicted octanol–water partition coefficient (Wildman–Crippen LogP) is 14.9. The molecule has 8 bridgehead atoms. The molecule has 8 atom stereocenters. The van der Waals surface area contributed by atoms with Crippen LogP contribution in [0, 0.1) is 70.6 Å². The Labute approximate surface area is 787 Å². The lowest BCUT2D eigenvalue weighted by molar-refractivity contribution is -0.179. The maximum atomic E-state index is 15.1. The van der Waals surface area contributed by atoms with Crippen LogP contribution in [-0.2, 0) is 57.1 Å². The van der Waals surface area contributed by atoms with Crippen LogP contribution in [0.5, 0.6) is 23.5 Å². The average molecular weight is 1950 g/mol. The number of hydrogen-bond donors (Lipinski definition) is 2. The van der Waals surface area contributed by atoms with Gasteiger partial charge in [0.25, 0.3) is 35.3 Å². The Morgan fingerprint density at radius 1 is 0.394 bits per heavy atom. The Balaban J connectivity index is 0.000000180. The van der Waals surface area contributed by atoms with Gasteiger partial charge in [0.05, 0.1) is 65.1 Å². The smallest absolute Gasteiger partial charge is 0.472 e. The zero-order valence-corrected chi connectivity index (χ0v) is 76.8. The molecule has 9 aliphatic heterocycles. The van der Waals surface area contributed by atoms with Crippen molar-refractivity contribution in [1.29, 1.82) is 0 Å². The number of hydroxylamine groups is 2. The average Bonchev–Trinajstić information content (AvgIpc) is 1.78. The fraction of sp³-hybridized carbons (Fsp3) is 0.739. The van der Waals surface area contributed by atoms with E-state index in [1.165, 1.54) is 32.0 Å². The molecule has 13 heterocycles. The number of amides is 6. The number of ether oxygens (including phenoxy) is 13. The van der Waals surface area contributed by atoms with Gasteiger partial charge in [-0.2, -0.15) is 33.1 Å². The summed E-state index contributed by atoms with van der Waals surface area (Å²) in [5, 5.41) is 18.3. The van der Waals surface area contributed by atoms with Crippen molar-refractivity contribution in [2.75, 3.05) is 105 Å². The highest BCUT2D eigenvalue weighted by molar-refractivity contribution is 6.33. The van der Waals surface area contributed by atoms with E-state index in [0.717, 1.165) is 96.0 Å². The highest BCUT2D eigenvalue weighted by Crippen LogP contribution is 2.44. The fourth-order valence-corrected chi connectivity index (χ4v) is 16.8. The number of fused-ring (bicyclic) bond motifs is 8. The highest BCUT2D eigenvalue weighted by Gasteiger charge is 2.52. The van der Waals surface area contributed by atoms with Crippen molar-refractivity contribution in [3.05, 3.63) is 69.2 Å². The maximum Gasteiger partial charge on any atom is 0.534 e. The molecule has 0 spiro atoms. The summed E-state index contributed by atoms with van der Waals surface area (Å²) in [7, 11) is 0. The largest absolute Gasteiger partial charge is 0.534 e. The third kappa shape index (κ3) is 30.6. The van der Waals surface area contributed by atoms with E-state index in [9.17, 15) is 51.8 Å². The third-order valence-electron chi connectivity index (χ3n) is 23.9. The molecule has 5 saturated carbocycles. The molecule has 9 saturated heterocycles. The first-order valence-electron chi connectivity index (χ1n) is 43.8. The van der Waals surface area contributed by atoms with Gasteiger partial charge in [0.1, 0.15) is 77.7 Å². The molecule has 4 aromatic heterocycles. The van der Waals surface area contributed by atoms with Gasteiger partial charge in [0, 0.05) is 113 Å². The normalized spacial score (nSPS) is 26.6. The number of rotatable bonds is 12. The lowest BCUT2D eigenvalue weighted by Crippen LogP contribution is -2.59. The molecule has 36 nitrogen and oxygen atoms in total. The Morgan fingerprint density at radius 3 is 0.992 bits per heavy atom. The van der Waals surface area contributed by atoms with E-state index in [1.807, 2.05) is 55.4 Å². The summed E-state index contributed by atoms with van der Waals surface area (Å²) in [6.45, 7) is 24.0. The molecule has 44 heteroatoms. The Morgan fingerprint density at radius 2 is 0.674 bits per heavy atom. The van der Waals surface area contributed by atoms with Crippen molar-refractivity contribution in [2.24, 2.45) is 47.3 Å². The van der Waals surface area contributed by atoms with E-state index >= 15 is 4.39 Å². The Bertz CT molecular complexity index is 4330. The summed E-state index contributed by atoms with van der Waals surface area (Å²) in [5.74, 6) is -4.95. The van der Waals surface area contributed by atoms with Crippen molar-refractivity contribution in [1.82, 2.24) is 64.5 Å². The number of aliphatic hydroxyl groups is 2. The zero-order chi connectivity index (χ0) is 92.9. The van der Waals surface area contributed by atoms with E-state index in [2.05, 4.69) is 44.7 Å². The van der Waals surface area contributed by atoms with Gasteiger partial charge < -0.3 is 91.4 Å². The molecular weight excluding hydrogens is 1820 g/mol. The van der Waals surface area contributed by atoms with Crippen LogP contribution in [0.1, 0.15) is 200 Å². The summed E-state index contributed by atoms with van der Waals surface area (Å²) in [5.41, 5.74) is -2.12. The molecule has 0 aromatic carbocycles. The van der Waals surface area contributed by atoms with Crippen LogP contribution in [0.3, 0.4) is 0 Å². The number of hydrogen-bond acceptors (Lipinski definition) is 31. The summed E-state index contributed by atoms with van der Waals surface area (Å²) in [6, 6.07) is 0. The topological polar surface area (TPSA) is 408 Å². The molecule has 14 fully saturated rings. The Kier molecular flexibility index (Phi) is 38.6. The van der Waals surface area contributed by atoms with Crippen LogP contribution in [0.2, 0.25) is 20.6 Å². The standard InChI is InChI=1S/C22H30FN3O5.C16H19ClFN3O4.C16H21ClFN3O4.C12H21NO4.C9H11NO5.C6H12O.C4HCl2FN2.3CH4/c1-22(7-8-22)31-21(27)26-9-14-11-28-12-15(10-26)18(14)30-20-17(23)19(24-13-25-20)29-16-5-3-2-4-6-16;1-16(2-3-16)25-15(22)21-4-9-6-23-7-10(5-21)12(9)24-14-11(18)13(17)19-8-20-14;1-16(2,3)25-15(22)21-4-9-6-23-7-10(5-21)12(9)24-14-11(18)13(17)19-8-20-14;1-12(2,3)17-11(15)13-4-8-6-16-7-9(5-13)10(8)14;1-9(4-5-9)14-8(13)15-10-6(11)2-3-7(10)12;7-6-4-2-1-3-5-6;5-3-2(7)4(6)9-1-8-3;;;/h13-16,18H,2-12H2,1H3;8-10,12H,2-7H2,1H3;8-10,12H,4-7H2,1-3H3;8-10,14H,4-7H2,1-3H3;2-5H2,1H3;6-7H,1-5H2;1H;3*1H4. The minimum atomic E-state index is -0.987. The van der Waals surface area contributed by atoms with Gasteiger partial charge in [-0.15, -0.1) is 0 Å². The van der Waals surface area contributed by atoms with Crippen molar-refractivity contribution in [3.63, 3.8) is 0 Å². The van der Waals surface area contributed by atoms with E-state index in [1.54, 1.807) is 26.5 Å². The van der Waals surface area contributed by atoms with Gasteiger partial charge in [-0.05, 0) is 139 Å². The second-order valence-corrected chi connectivity index (χ2v) is 38.9. The first-order valence-corrected chi connectivity index (χ1v) is 45.4. The van der Waals surface area contributed by atoms with Crippen molar-refractivity contribution < 1.29 is 128 Å². The molecular formula is C88H127Cl4F4N13O23. The van der Waals surface area contributed by atoms with Gasteiger partial charge in [-0.25, -0.2) is 48.3 Å². The molecule has 8 unspecified atom stereocenters. The number of aromatic nitrogens is 8. The van der Waals surface area contributed by atoms with Gasteiger partial charge in [-0.3, -0.25) is 14.4 Å². The number of imide groups is 1. The van der Waals surface area contributed by atoms with Gasteiger partial charge >= 0.3 is 30.5 Å². The molecule has 6 amide bonds. The molecule has 5 aliphatic carbocycles. The van der Waals surface area contributed by atoms with Crippen LogP contribution >= 0.6 is 46.4 Å². The van der Waals surface area contributed by atoms with Crippen molar-refractivity contribution in [3.8, 4) is 23.5 Å². The highest BCUT2D eigenvalue weighted by atomic mass is 35.5. The number of carbonyl (C=O) groups is 7. The van der Waals surface area contributed by atoms with Crippen molar-refractivity contribution >= 4 is 88.7 Å². The number of halogens is 8. The number of aliphatic hydroxyl groups excluding tert-OH is 2. The van der Waals surface area contributed by atoms with Crippen LogP contribution in [0.15, 0.2) is 25.3 Å². The molecule has 738 valence electrons. The fourth-order valence-electron chi connectivity index (χ4n) is 16.2. The summed E-state index contributed by atoms with van der Waals surface area (Å²) < 4.78 is 128. The molecule has 14 aliphatic rings. The number of nitrogens with zero attached hydrogens (tertiary/aromatic N) is 13. The predicted molar refractivity (Wildman–Crippen MR) is 469 cm³/mol. The van der Waals surface area contributed by atoms with Crippen molar-refractivity contribution in [2.45, 2.75) is 265 Å².